The molecule has 27 heavy (non-hydrogen) atoms. The van der Waals surface area contributed by atoms with E-state index in [0.717, 1.165) is 5.56 Å². The van der Waals surface area contributed by atoms with E-state index in [1.165, 1.54) is 0 Å². The fourth-order valence-electron chi connectivity index (χ4n) is 2.55. The topological polar surface area (TPSA) is 104 Å². The molecule has 1 heterocycles. The summed E-state index contributed by atoms with van der Waals surface area (Å²) in [5, 5.41) is 12.8. The van der Waals surface area contributed by atoms with Gasteiger partial charge in [0.2, 0.25) is 5.91 Å². The molecule has 138 valence electrons. The van der Waals surface area contributed by atoms with Crippen LogP contribution in [0.15, 0.2) is 53.3 Å². The molecule has 0 radical (unpaired) electrons. The summed E-state index contributed by atoms with van der Waals surface area (Å²) < 4.78 is 0. The van der Waals surface area contributed by atoms with E-state index in [9.17, 15) is 14.4 Å². The number of nitrogens with one attached hydrogen (secondary N) is 3. The normalized spacial score (nSPS) is 10.8. The van der Waals surface area contributed by atoms with Crippen LogP contribution in [0.25, 0.3) is 10.8 Å². The number of carbonyl (C=O) groups excluding carboxylic acids is 2. The van der Waals surface area contributed by atoms with Gasteiger partial charge in [0.1, 0.15) is 0 Å². The predicted octanol–water partition coefficient (Wildman–Crippen LogP) is 2.45. The largest absolute Gasteiger partial charge is 0.347 e. The van der Waals surface area contributed by atoms with Gasteiger partial charge >= 0.3 is 0 Å². The van der Waals surface area contributed by atoms with E-state index in [1.54, 1.807) is 36.4 Å². The molecule has 3 aromatic rings. The van der Waals surface area contributed by atoms with E-state index in [0.29, 0.717) is 23.0 Å². The van der Waals surface area contributed by atoms with Crippen molar-refractivity contribution >= 4 is 28.3 Å². The van der Waals surface area contributed by atoms with Crippen molar-refractivity contribution in [3.8, 4) is 0 Å². The molecule has 0 aliphatic heterocycles. The lowest BCUT2D eigenvalue weighted by molar-refractivity contribution is -0.118. The second-order valence-electron chi connectivity index (χ2n) is 6.47. The number of aromatic nitrogens is 2. The Kier molecular flexibility index (Phi) is 5.30. The summed E-state index contributed by atoms with van der Waals surface area (Å²) in [4.78, 5) is 36.0. The lowest BCUT2D eigenvalue weighted by Gasteiger charge is -2.09. The van der Waals surface area contributed by atoms with E-state index >= 15 is 0 Å². The first-order valence-electron chi connectivity index (χ1n) is 8.61. The van der Waals surface area contributed by atoms with Crippen molar-refractivity contribution in [3.63, 3.8) is 0 Å². The highest BCUT2D eigenvalue weighted by atomic mass is 16.2. The van der Waals surface area contributed by atoms with Crippen LogP contribution in [0.1, 0.15) is 29.9 Å². The Hall–Kier alpha value is -3.48. The van der Waals surface area contributed by atoms with Crippen LogP contribution in [-0.4, -0.2) is 22.0 Å². The van der Waals surface area contributed by atoms with Crippen LogP contribution in [-0.2, 0) is 11.3 Å². The fraction of sp³-hybridized carbons (Fsp3) is 0.200. The molecule has 0 fully saturated rings. The van der Waals surface area contributed by atoms with Crippen LogP contribution in [0.4, 0.5) is 5.69 Å². The molecular weight excluding hydrogens is 344 g/mol. The second kappa shape index (κ2) is 7.82. The summed E-state index contributed by atoms with van der Waals surface area (Å²) >= 11 is 0. The fourth-order valence-corrected chi connectivity index (χ4v) is 2.55. The Morgan fingerprint density at radius 1 is 1.04 bits per heavy atom. The second-order valence-corrected chi connectivity index (χ2v) is 6.47. The average Bonchev–Trinajstić information content (AvgIpc) is 2.67. The van der Waals surface area contributed by atoms with Gasteiger partial charge in [-0.3, -0.25) is 14.4 Å². The summed E-state index contributed by atoms with van der Waals surface area (Å²) in [6.07, 6.45) is 0. The van der Waals surface area contributed by atoms with Crippen LogP contribution in [0.5, 0.6) is 0 Å². The molecule has 7 nitrogen and oxygen atoms in total. The van der Waals surface area contributed by atoms with Crippen molar-refractivity contribution < 1.29 is 9.59 Å². The van der Waals surface area contributed by atoms with Crippen molar-refractivity contribution in [3.05, 3.63) is 70.1 Å². The van der Waals surface area contributed by atoms with Crippen LogP contribution in [0.2, 0.25) is 0 Å². The summed E-state index contributed by atoms with van der Waals surface area (Å²) in [7, 11) is 0. The Morgan fingerprint density at radius 3 is 2.37 bits per heavy atom. The molecule has 0 bridgehead atoms. The highest BCUT2D eigenvalue weighted by molar-refractivity contribution is 6.04. The number of hydrogen-bond acceptors (Lipinski definition) is 4. The van der Waals surface area contributed by atoms with Crippen molar-refractivity contribution in [2.24, 2.45) is 5.92 Å². The maximum Gasteiger partial charge on any atom is 0.272 e. The maximum absolute atomic E-state index is 12.5. The first-order chi connectivity index (χ1) is 13.0. The van der Waals surface area contributed by atoms with Gasteiger partial charge in [-0.05, 0) is 23.8 Å². The van der Waals surface area contributed by atoms with Gasteiger partial charge in [-0.1, -0.05) is 44.2 Å². The molecule has 3 N–H and O–H groups in total. The Balaban J connectivity index is 1.69. The first-order valence-corrected chi connectivity index (χ1v) is 8.61. The minimum Gasteiger partial charge on any atom is -0.347 e. The van der Waals surface area contributed by atoms with Crippen LogP contribution in [0.3, 0.4) is 0 Å². The molecule has 0 aliphatic carbocycles. The molecule has 0 saturated heterocycles. The number of rotatable bonds is 5. The van der Waals surface area contributed by atoms with Gasteiger partial charge in [0.15, 0.2) is 5.69 Å². The summed E-state index contributed by atoms with van der Waals surface area (Å²) in [6.45, 7) is 3.95. The molecule has 0 saturated carbocycles. The number of amides is 2. The van der Waals surface area contributed by atoms with Crippen molar-refractivity contribution in [1.82, 2.24) is 15.5 Å². The molecule has 1 aromatic heterocycles. The zero-order chi connectivity index (χ0) is 19.4. The molecular formula is C20H20N4O3. The van der Waals surface area contributed by atoms with Crippen LogP contribution in [0, 0.1) is 5.92 Å². The molecule has 0 spiro atoms. The van der Waals surface area contributed by atoms with E-state index in [2.05, 4.69) is 20.8 Å². The summed E-state index contributed by atoms with van der Waals surface area (Å²) in [6, 6.07) is 14.1. The summed E-state index contributed by atoms with van der Waals surface area (Å²) in [5.74, 6) is -0.518. The number of nitrogens with zero attached hydrogens (tertiary/aromatic N) is 1. The van der Waals surface area contributed by atoms with Gasteiger partial charge in [-0.15, -0.1) is 0 Å². The highest BCUT2D eigenvalue weighted by Crippen LogP contribution is 2.13. The maximum atomic E-state index is 12.5. The minimum absolute atomic E-state index is 0.0490. The molecule has 0 aliphatic rings. The highest BCUT2D eigenvalue weighted by Gasteiger charge is 2.13. The molecule has 2 aromatic carbocycles. The van der Waals surface area contributed by atoms with E-state index in [-0.39, 0.29) is 29.0 Å². The van der Waals surface area contributed by atoms with Gasteiger partial charge in [-0.25, -0.2) is 5.10 Å². The molecule has 0 unspecified atom stereocenters. The third-order valence-corrected chi connectivity index (χ3v) is 4.11. The minimum atomic E-state index is -0.375. The summed E-state index contributed by atoms with van der Waals surface area (Å²) in [5.41, 5.74) is 1.42. The van der Waals surface area contributed by atoms with Crippen LogP contribution >= 0.6 is 0 Å². The van der Waals surface area contributed by atoms with Gasteiger partial charge in [0.25, 0.3) is 11.5 Å². The predicted molar refractivity (Wildman–Crippen MR) is 103 cm³/mol. The van der Waals surface area contributed by atoms with Crippen molar-refractivity contribution in [1.29, 1.82) is 0 Å². The molecule has 7 heteroatoms. The average molecular weight is 364 g/mol. The van der Waals surface area contributed by atoms with Gasteiger partial charge in [-0.2, -0.15) is 5.10 Å². The standard InChI is InChI=1S/C20H20N4O3/c1-12(2)18(25)22-14-9-7-13(8-10-14)11-21-20(27)17-15-5-3-4-6-16(15)19(26)24-23-17/h3-10,12H,11H2,1-2H3,(H,21,27)(H,22,25)(H,24,26). The van der Waals surface area contributed by atoms with Crippen molar-refractivity contribution in [2.45, 2.75) is 20.4 Å². The lowest BCUT2D eigenvalue weighted by Crippen LogP contribution is -2.26. The van der Waals surface area contributed by atoms with Gasteiger partial charge in [0.05, 0.1) is 5.39 Å². The third kappa shape index (κ3) is 4.20. The zero-order valence-corrected chi connectivity index (χ0v) is 15.1. The monoisotopic (exact) mass is 364 g/mol. The van der Waals surface area contributed by atoms with Gasteiger partial charge in [0, 0.05) is 23.5 Å². The van der Waals surface area contributed by atoms with E-state index in [1.807, 2.05) is 26.0 Å². The number of fused-ring (bicyclic) bond motifs is 1. The zero-order valence-electron chi connectivity index (χ0n) is 15.1. The molecule has 2 amide bonds. The Morgan fingerprint density at radius 2 is 1.70 bits per heavy atom. The van der Waals surface area contributed by atoms with E-state index in [4.69, 9.17) is 0 Å². The quantitative estimate of drug-likeness (QED) is 0.647. The number of carbonyl (C=O) groups is 2. The van der Waals surface area contributed by atoms with Crippen molar-refractivity contribution in [2.75, 3.05) is 5.32 Å². The van der Waals surface area contributed by atoms with Gasteiger partial charge < -0.3 is 10.6 Å². The number of aromatic amines is 1. The smallest absolute Gasteiger partial charge is 0.272 e. The first kappa shape index (κ1) is 18.3. The number of anilines is 1. The number of H-pyrrole nitrogens is 1. The Labute approximate surface area is 155 Å². The third-order valence-electron chi connectivity index (χ3n) is 4.11. The number of hydrogen-bond donors (Lipinski definition) is 3. The number of benzene rings is 2. The molecule has 0 atom stereocenters. The van der Waals surface area contributed by atoms with Crippen LogP contribution < -0.4 is 16.2 Å². The lowest BCUT2D eigenvalue weighted by atomic mass is 10.1. The molecule has 3 rings (SSSR count). The SMILES string of the molecule is CC(C)C(=O)Nc1ccc(CNC(=O)c2n[nH]c(=O)c3ccccc23)cc1. The Bertz CT molecular complexity index is 1040. The van der Waals surface area contributed by atoms with E-state index < -0.39 is 0 Å².